The molecule has 0 saturated heterocycles. The number of hydrogen-bond acceptors (Lipinski definition) is 5. The van der Waals surface area contributed by atoms with Gasteiger partial charge in [0, 0.05) is 0 Å². The summed E-state index contributed by atoms with van der Waals surface area (Å²) in [5.74, 6) is -0.490. The van der Waals surface area contributed by atoms with Crippen LogP contribution < -0.4 is 15.2 Å². The molecule has 5 nitrogen and oxygen atoms in total. The molecule has 6 heteroatoms. The lowest BCUT2D eigenvalue weighted by Crippen LogP contribution is -2.49. The normalized spacial score (nSPS) is 11.8. The lowest BCUT2D eigenvalue weighted by atomic mass is 10.1. The van der Waals surface area contributed by atoms with Crippen molar-refractivity contribution < 1.29 is 19.4 Å². The van der Waals surface area contributed by atoms with Crippen LogP contribution in [0.3, 0.4) is 0 Å². The van der Waals surface area contributed by atoms with Crippen LogP contribution in [0.5, 0.6) is 5.75 Å². The molecule has 1 rings (SSSR count). The van der Waals surface area contributed by atoms with Crippen LogP contribution in [-0.2, 0) is 9.59 Å². The Morgan fingerprint density at radius 2 is 2.10 bits per heavy atom. The molecule has 0 radical (unpaired) electrons. The van der Waals surface area contributed by atoms with Crippen molar-refractivity contribution in [1.82, 2.24) is 5.32 Å². The van der Waals surface area contributed by atoms with Crippen molar-refractivity contribution in [2.45, 2.75) is 26.3 Å². The Hall–Kier alpha value is -1.69. The van der Waals surface area contributed by atoms with Crippen molar-refractivity contribution in [2.24, 2.45) is 0 Å². The molecule has 1 aromatic carbocycles. The van der Waals surface area contributed by atoms with Gasteiger partial charge in [-0.2, -0.15) is 11.8 Å². The predicted octanol–water partition coefficient (Wildman–Crippen LogP) is 0.670. The molecule has 0 bridgehead atoms. The first kappa shape index (κ1) is 17.4. The van der Waals surface area contributed by atoms with Crippen molar-refractivity contribution in [2.75, 3.05) is 18.6 Å². The number of nitrogens with one attached hydrogen (secondary N) is 1. The van der Waals surface area contributed by atoms with Crippen molar-refractivity contribution in [3.63, 3.8) is 0 Å². The minimum absolute atomic E-state index is 0.215. The van der Waals surface area contributed by atoms with Crippen LogP contribution in [0.1, 0.15) is 17.5 Å². The van der Waals surface area contributed by atoms with Crippen LogP contribution >= 0.6 is 11.8 Å². The monoisotopic (exact) mass is 310 g/mol. The molecule has 0 aromatic heterocycles. The first-order chi connectivity index (χ1) is 9.93. The summed E-state index contributed by atoms with van der Waals surface area (Å²) in [7, 11) is 0. The van der Waals surface area contributed by atoms with Gasteiger partial charge in [-0.05, 0) is 43.9 Å². The molecule has 0 heterocycles. The quantitative estimate of drug-likeness (QED) is 0.763. The van der Waals surface area contributed by atoms with Gasteiger partial charge in [-0.25, -0.2) is 0 Å². The van der Waals surface area contributed by atoms with E-state index in [2.05, 4.69) is 5.32 Å². The summed E-state index contributed by atoms with van der Waals surface area (Å²) >= 11 is 1.51. The second-order valence-corrected chi connectivity index (χ2v) is 5.76. The van der Waals surface area contributed by atoms with Gasteiger partial charge in [0.15, 0.2) is 6.61 Å². The van der Waals surface area contributed by atoms with Gasteiger partial charge in [0.05, 0.1) is 12.0 Å². The van der Waals surface area contributed by atoms with E-state index >= 15 is 0 Å². The zero-order valence-electron chi connectivity index (χ0n) is 12.5. The SMILES string of the molecule is CSCC[C@H](NC(=O)COc1ccc(C)cc1C)C(=O)[O-]. The van der Waals surface area contributed by atoms with Gasteiger partial charge in [-0.1, -0.05) is 17.7 Å². The maximum Gasteiger partial charge on any atom is 0.258 e. The number of carboxylic acid groups (broad SMARTS) is 1. The Morgan fingerprint density at radius 1 is 1.38 bits per heavy atom. The largest absolute Gasteiger partial charge is 0.548 e. The second-order valence-electron chi connectivity index (χ2n) is 4.78. The molecule has 1 aromatic rings. The Bertz CT molecular complexity index is 504. The zero-order valence-corrected chi connectivity index (χ0v) is 13.3. The maximum absolute atomic E-state index is 11.7. The minimum atomic E-state index is -1.27. The molecule has 0 aliphatic rings. The molecule has 0 spiro atoms. The number of benzene rings is 1. The fourth-order valence-electron chi connectivity index (χ4n) is 1.83. The van der Waals surface area contributed by atoms with E-state index in [9.17, 15) is 14.7 Å². The van der Waals surface area contributed by atoms with E-state index in [-0.39, 0.29) is 6.61 Å². The third-order valence-corrected chi connectivity index (χ3v) is 3.56. The highest BCUT2D eigenvalue weighted by Crippen LogP contribution is 2.18. The van der Waals surface area contributed by atoms with E-state index in [4.69, 9.17) is 4.74 Å². The van der Waals surface area contributed by atoms with E-state index in [1.807, 2.05) is 32.2 Å². The van der Waals surface area contributed by atoms with Gasteiger partial charge in [0.1, 0.15) is 5.75 Å². The third-order valence-electron chi connectivity index (χ3n) is 2.92. The Labute approximate surface area is 129 Å². The van der Waals surface area contributed by atoms with Crippen molar-refractivity contribution >= 4 is 23.6 Å². The smallest absolute Gasteiger partial charge is 0.258 e. The molecule has 0 unspecified atom stereocenters. The lowest BCUT2D eigenvalue weighted by Gasteiger charge is -2.19. The number of thioether (sulfide) groups is 1. The van der Waals surface area contributed by atoms with Crippen LogP contribution in [-0.4, -0.2) is 36.5 Å². The molecular weight excluding hydrogens is 290 g/mol. The first-order valence-corrected chi connectivity index (χ1v) is 8.02. The second kappa shape index (κ2) is 8.56. The molecule has 0 aliphatic carbocycles. The topological polar surface area (TPSA) is 78.5 Å². The molecule has 0 aliphatic heterocycles. The number of hydrogen-bond donors (Lipinski definition) is 1. The van der Waals surface area contributed by atoms with Gasteiger partial charge in [-0.3, -0.25) is 4.79 Å². The average molecular weight is 310 g/mol. The number of amides is 1. The zero-order chi connectivity index (χ0) is 15.8. The predicted molar refractivity (Wildman–Crippen MR) is 81.3 cm³/mol. The number of carbonyl (C=O) groups is 2. The maximum atomic E-state index is 11.7. The van der Waals surface area contributed by atoms with Crippen LogP contribution in [0.25, 0.3) is 0 Å². The van der Waals surface area contributed by atoms with Crippen molar-refractivity contribution in [3.8, 4) is 5.75 Å². The summed E-state index contributed by atoms with van der Waals surface area (Å²) in [5.41, 5.74) is 2.04. The van der Waals surface area contributed by atoms with Gasteiger partial charge in [0.25, 0.3) is 5.91 Å². The molecule has 0 fully saturated rings. The van der Waals surface area contributed by atoms with E-state index < -0.39 is 17.9 Å². The summed E-state index contributed by atoms with van der Waals surface area (Å²) in [6, 6.07) is 4.66. The number of ether oxygens (including phenoxy) is 1. The molecule has 21 heavy (non-hydrogen) atoms. The highest BCUT2D eigenvalue weighted by atomic mass is 32.2. The molecule has 116 valence electrons. The third kappa shape index (κ3) is 6.08. The average Bonchev–Trinajstić information content (AvgIpc) is 2.42. The van der Waals surface area contributed by atoms with E-state index in [0.717, 1.165) is 11.1 Å². The van der Waals surface area contributed by atoms with E-state index in [1.54, 1.807) is 6.07 Å². The van der Waals surface area contributed by atoms with E-state index in [1.165, 1.54) is 11.8 Å². The van der Waals surface area contributed by atoms with Crippen LogP contribution in [0.15, 0.2) is 18.2 Å². The molecular formula is C15H20NO4S-. The van der Waals surface area contributed by atoms with Crippen molar-refractivity contribution in [1.29, 1.82) is 0 Å². The summed E-state index contributed by atoms with van der Waals surface area (Å²) in [6.07, 6.45) is 2.20. The fourth-order valence-corrected chi connectivity index (χ4v) is 2.30. The Kier molecular flexibility index (Phi) is 7.08. The number of aliphatic carboxylic acids is 1. The van der Waals surface area contributed by atoms with Crippen molar-refractivity contribution in [3.05, 3.63) is 29.3 Å². The number of aryl methyl sites for hydroxylation is 2. The van der Waals surface area contributed by atoms with Gasteiger partial charge in [0.2, 0.25) is 0 Å². The summed E-state index contributed by atoms with van der Waals surface area (Å²) < 4.78 is 5.41. The summed E-state index contributed by atoms with van der Waals surface area (Å²) in [5, 5.41) is 13.3. The van der Waals surface area contributed by atoms with Gasteiger partial charge < -0.3 is 20.0 Å². The number of carbonyl (C=O) groups excluding carboxylic acids is 2. The molecule has 1 amide bonds. The van der Waals surface area contributed by atoms with Crippen LogP contribution in [0.2, 0.25) is 0 Å². The minimum Gasteiger partial charge on any atom is -0.548 e. The van der Waals surface area contributed by atoms with Gasteiger partial charge >= 0.3 is 0 Å². The molecule has 1 N–H and O–H groups in total. The van der Waals surface area contributed by atoms with Crippen LogP contribution in [0, 0.1) is 13.8 Å². The highest BCUT2D eigenvalue weighted by Gasteiger charge is 2.13. The number of rotatable bonds is 8. The Balaban J connectivity index is 2.50. The first-order valence-electron chi connectivity index (χ1n) is 6.63. The van der Waals surface area contributed by atoms with E-state index in [0.29, 0.717) is 17.9 Å². The summed E-state index contributed by atoms with van der Waals surface area (Å²) in [4.78, 5) is 22.7. The highest BCUT2D eigenvalue weighted by molar-refractivity contribution is 7.98. The van der Waals surface area contributed by atoms with Gasteiger partial charge in [-0.15, -0.1) is 0 Å². The fraction of sp³-hybridized carbons (Fsp3) is 0.467. The molecule has 1 atom stereocenters. The number of carboxylic acids is 1. The lowest BCUT2D eigenvalue weighted by molar-refractivity contribution is -0.308. The van der Waals surface area contributed by atoms with Crippen LogP contribution in [0.4, 0.5) is 0 Å². The standard InChI is InChI=1S/C15H21NO4S/c1-10-4-5-13(11(2)8-10)20-9-14(17)16-12(15(18)19)6-7-21-3/h4-5,8,12H,6-7,9H2,1-3H3,(H,16,17)(H,18,19)/p-1/t12-/m0/s1. The molecule has 0 saturated carbocycles. The Morgan fingerprint density at radius 3 is 2.67 bits per heavy atom. The summed E-state index contributed by atoms with van der Waals surface area (Å²) in [6.45, 7) is 3.65.